The highest BCUT2D eigenvalue weighted by molar-refractivity contribution is 5.90. The van der Waals surface area contributed by atoms with Gasteiger partial charge < -0.3 is 19.1 Å². The van der Waals surface area contributed by atoms with E-state index < -0.39 is 24.0 Å². The summed E-state index contributed by atoms with van der Waals surface area (Å²) in [5, 5.41) is 0. The van der Waals surface area contributed by atoms with E-state index in [-0.39, 0.29) is 12.5 Å². The summed E-state index contributed by atoms with van der Waals surface area (Å²) in [5.41, 5.74) is 1.77. The van der Waals surface area contributed by atoms with Gasteiger partial charge in [0.25, 0.3) is 5.91 Å². The van der Waals surface area contributed by atoms with Crippen LogP contribution in [0.2, 0.25) is 0 Å². The Bertz CT molecular complexity index is 809. The number of methoxy groups -OCH3 is 1. The molecule has 3 atom stereocenters. The first-order valence-corrected chi connectivity index (χ1v) is 8.45. The second-order valence-electron chi connectivity index (χ2n) is 6.40. The largest absolute Gasteiger partial charge is 0.467 e. The molecule has 2 aliphatic heterocycles. The van der Waals surface area contributed by atoms with E-state index in [2.05, 4.69) is 0 Å². The lowest BCUT2D eigenvalue weighted by atomic mass is 10.0. The second-order valence-corrected chi connectivity index (χ2v) is 6.40. The predicted molar refractivity (Wildman–Crippen MR) is 91.7 cm³/mol. The average molecular weight is 353 g/mol. The minimum absolute atomic E-state index is 0.203. The Balaban J connectivity index is 1.70. The summed E-state index contributed by atoms with van der Waals surface area (Å²) in [4.78, 5) is 26.7. The molecule has 2 aromatic carbocycles. The number of fused-ring (bicyclic) bond motifs is 2. The topological polar surface area (TPSA) is 65.1 Å². The van der Waals surface area contributed by atoms with Crippen molar-refractivity contribution in [3.8, 4) is 0 Å². The van der Waals surface area contributed by atoms with Crippen molar-refractivity contribution in [2.24, 2.45) is 0 Å². The highest BCUT2D eigenvalue weighted by Crippen LogP contribution is 2.43. The summed E-state index contributed by atoms with van der Waals surface area (Å²) in [6.07, 6.45) is -2.09. The maximum atomic E-state index is 12.9. The number of rotatable bonds is 4. The van der Waals surface area contributed by atoms with Gasteiger partial charge in [-0.05, 0) is 5.56 Å². The van der Waals surface area contributed by atoms with Gasteiger partial charge in [0.2, 0.25) is 5.79 Å². The molecule has 2 fully saturated rings. The molecule has 0 saturated carbocycles. The van der Waals surface area contributed by atoms with Gasteiger partial charge in [0.15, 0.2) is 12.2 Å². The lowest BCUT2D eigenvalue weighted by Crippen LogP contribution is -2.53. The number of hydrogen-bond donors (Lipinski definition) is 0. The molecule has 2 aromatic rings. The minimum atomic E-state index is -1.17. The third-order valence-electron chi connectivity index (χ3n) is 4.73. The van der Waals surface area contributed by atoms with Gasteiger partial charge in [-0.1, -0.05) is 60.7 Å². The highest BCUT2D eigenvalue weighted by Gasteiger charge is 2.60. The van der Waals surface area contributed by atoms with Gasteiger partial charge in [-0.2, -0.15) is 0 Å². The summed E-state index contributed by atoms with van der Waals surface area (Å²) in [6.45, 7) is 0.625. The van der Waals surface area contributed by atoms with Crippen LogP contribution in [0.5, 0.6) is 0 Å². The van der Waals surface area contributed by atoms with Gasteiger partial charge in [-0.25, -0.2) is 4.79 Å². The molecule has 134 valence electrons. The van der Waals surface area contributed by atoms with Crippen LogP contribution in [0.4, 0.5) is 0 Å². The van der Waals surface area contributed by atoms with Crippen molar-refractivity contribution in [2.75, 3.05) is 13.7 Å². The van der Waals surface area contributed by atoms with Crippen molar-refractivity contribution in [1.82, 2.24) is 4.90 Å². The lowest BCUT2D eigenvalue weighted by molar-refractivity contribution is -0.220. The zero-order chi connectivity index (χ0) is 18.1. The fourth-order valence-electron chi connectivity index (χ4n) is 3.47. The number of carbonyl (C=O) groups excluding carboxylic acids is 2. The Kier molecular flexibility index (Phi) is 4.22. The van der Waals surface area contributed by atoms with Crippen LogP contribution in [-0.4, -0.2) is 42.6 Å². The molecule has 0 N–H and O–H groups in total. The molecule has 0 aromatic heterocycles. The van der Waals surface area contributed by atoms with Crippen LogP contribution in [0.1, 0.15) is 11.1 Å². The van der Waals surface area contributed by atoms with Gasteiger partial charge in [-0.3, -0.25) is 4.79 Å². The fourth-order valence-corrected chi connectivity index (χ4v) is 3.47. The number of hydrogen-bond acceptors (Lipinski definition) is 5. The molecule has 2 saturated heterocycles. The van der Waals surface area contributed by atoms with Crippen LogP contribution in [0.15, 0.2) is 60.7 Å². The molecule has 26 heavy (non-hydrogen) atoms. The molecular formula is C20H19NO5. The van der Waals surface area contributed by atoms with E-state index in [9.17, 15) is 9.59 Å². The Morgan fingerprint density at radius 1 is 1.12 bits per heavy atom. The summed E-state index contributed by atoms with van der Waals surface area (Å²) in [7, 11) is 1.27. The van der Waals surface area contributed by atoms with E-state index in [0.29, 0.717) is 6.54 Å². The van der Waals surface area contributed by atoms with Crippen LogP contribution in [-0.2, 0) is 36.1 Å². The molecule has 2 bridgehead atoms. The van der Waals surface area contributed by atoms with Gasteiger partial charge in [0, 0.05) is 12.1 Å². The molecule has 2 heterocycles. The van der Waals surface area contributed by atoms with E-state index in [1.165, 1.54) is 7.11 Å². The first-order chi connectivity index (χ1) is 12.6. The van der Waals surface area contributed by atoms with E-state index >= 15 is 0 Å². The highest BCUT2D eigenvalue weighted by atomic mass is 16.8. The molecule has 6 nitrogen and oxygen atoms in total. The number of esters is 1. The average Bonchev–Trinajstić information content (AvgIpc) is 3.03. The van der Waals surface area contributed by atoms with Gasteiger partial charge in [-0.15, -0.1) is 0 Å². The Morgan fingerprint density at radius 2 is 1.77 bits per heavy atom. The molecule has 1 amide bonds. The van der Waals surface area contributed by atoms with Crippen LogP contribution < -0.4 is 0 Å². The molecule has 4 rings (SSSR count). The zero-order valence-electron chi connectivity index (χ0n) is 14.3. The first kappa shape index (κ1) is 16.8. The molecular weight excluding hydrogens is 334 g/mol. The van der Waals surface area contributed by atoms with Crippen LogP contribution in [0.3, 0.4) is 0 Å². The Morgan fingerprint density at radius 3 is 2.42 bits per heavy atom. The van der Waals surface area contributed by atoms with Crippen LogP contribution in [0.25, 0.3) is 0 Å². The first-order valence-electron chi connectivity index (χ1n) is 8.45. The third kappa shape index (κ3) is 2.77. The fraction of sp³-hybridized carbons (Fsp3) is 0.300. The number of morpholine rings is 1. The summed E-state index contributed by atoms with van der Waals surface area (Å²) in [6, 6.07) is 19.1. The number of amides is 1. The smallest absolute Gasteiger partial charge is 0.338 e. The molecule has 0 aliphatic carbocycles. The SMILES string of the molecule is COC(=O)[C@@H]1O[C@@]2(c3ccccc3)CN(Cc3ccccc3)C(=O)[C@H]1O2. The standard InChI is InChI=1S/C20H19NO5/c1-24-19(23)17-16-18(22)21(12-14-8-4-2-5-9-14)13-20(25-16,26-17)15-10-6-3-7-11-15/h2-11,16-17H,12-13H2,1H3/t16-,17+,20+/m0/s1. The molecule has 0 spiro atoms. The van der Waals surface area contributed by atoms with Crippen molar-refractivity contribution in [2.45, 2.75) is 24.5 Å². The molecule has 6 heteroatoms. The van der Waals surface area contributed by atoms with Crippen molar-refractivity contribution in [1.29, 1.82) is 0 Å². The maximum Gasteiger partial charge on any atom is 0.338 e. The van der Waals surface area contributed by atoms with Crippen LogP contribution >= 0.6 is 0 Å². The van der Waals surface area contributed by atoms with E-state index in [1.54, 1.807) is 4.90 Å². The number of benzene rings is 2. The quantitative estimate of drug-likeness (QED) is 0.785. The van der Waals surface area contributed by atoms with Gasteiger partial charge >= 0.3 is 5.97 Å². The minimum Gasteiger partial charge on any atom is -0.467 e. The second kappa shape index (κ2) is 6.55. The number of ether oxygens (including phenoxy) is 3. The van der Waals surface area contributed by atoms with Crippen LogP contribution in [0, 0.1) is 0 Å². The van der Waals surface area contributed by atoms with Gasteiger partial charge in [0.1, 0.15) is 0 Å². The van der Waals surface area contributed by atoms with E-state index in [1.807, 2.05) is 60.7 Å². The van der Waals surface area contributed by atoms with Crippen molar-refractivity contribution < 1.29 is 23.8 Å². The monoisotopic (exact) mass is 353 g/mol. The molecule has 0 radical (unpaired) electrons. The molecule has 2 aliphatic rings. The van der Waals surface area contributed by atoms with Crippen molar-refractivity contribution in [3.05, 3.63) is 71.8 Å². The Hall–Kier alpha value is -2.70. The summed E-state index contributed by atoms with van der Waals surface area (Å²) in [5.74, 6) is -2.05. The summed E-state index contributed by atoms with van der Waals surface area (Å²) < 4.78 is 16.8. The third-order valence-corrected chi connectivity index (χ3v) is 4.73. The zero-order valence-corrected chi connectivity index (χ0v) is 14.3. The summed E-state index contributed by atoms with van der Waals surface area (Å²) >= 11 is 0. The predicted octanol–water partition coefficient (Wildman–Crippen LogP) is 1.84. The lowest BCUT2D eigenvalue weighted by Gasteiger charge is -2.38. The van der Waals surface area contributed by atoms with Gasteiger partial charge in [0.05, 0.1) is 13.7 Å². The Labute approximate surface area is 151 Å². The molecule has 0 unspecified atom stereocenters. The normalized spacial score (nSPS) is 27.4. The van der Waals surface area contributed by atoms with E-state index in [4.69, 9.17) is 14.2 Å². The van der Waals surface area contributed by atoms with E-state index in [0.717, 1.165) is 11.1 Å². The number of carbonyl (C=O) groups is 2. The maximum absolute atomic E-state index is 12.9. The number of nitrogens with zero attached hydrogens (tertiary/aromatic N) is 1. The van der Waals surface area contributed by atoms with Crippen molar-refractivity contribution in [3.63, 3.8) is 0 Å². The van der Waals surface area contributed by atoms with Crippen molar-refractivity contribution >= 4 is 11.9 Å².